The molecule has 7 heteroatoms. The number of benzene rings is 1. The van der Waals surface area contributed by atoms with Gasteiger partial charge >= 0.3 is 0 Å². The first kappa shape index (κ1) is 16.1. The van der Waals surface area contributed by atoms with Crippen molar-refractivity contribution in [2.75, 3.05) is 5.32 Å². The summed E-state index contributed by atoms with van der Waals surface area (Å²) in [5.41, 5.74) is 2.27. The summed E-state index contributed by atoms with van der Waals surface area (Å²) in [7, 11) is 0. The average Bonchev–Trinajstić information content (AvgIpc) is 2.88. The molecule has 0 unspecified atom stereocenters. The highest BCUT2D eigenvalue weighted by molar-refractivity contribution is 6.34. The van der Waals surface area contributed by atoms with Gasteiger partial charge in [0.1, 0.15) is 11.5 Å². The Morgan fingerprint density at radius 3 is 2.50 bits per heavy atom. The van der Waals surface area contributed by atoms with Crippen molar-refractivity contribution in [2.45, 2.75) is 13.8 Å². The van der Waals surface area contributed by atoms with Gasteiger partial charge in [-0.25, -0.2) is 14.1 Å². The fraction of sp³-hybridized carbons (Fsp3) is 0.118. The maximum atomic E-state index is 12.9. The number of aromatic nitrogens is 3. The molecule has 1 amide bonds. The number of nitrogens with one attached hydrogen (secondary N) is 1. The Labute approximate surface area is 143 Å². The molecule has 122 valence electrons. The summed E-state index contributed by atoms with van der Waals surface area (Å²) >= 11 is 6.10. The number of carbonyl (C=O) groups is 1. The van der Waals surface area contributed by atoms with Crippen molar-refractivity contribution in [3.8, 4) is 5.82 Å². The van der Waals surface area contributed by atoms with E-state index >= 15 is 0 Å². The summed E-state index contributed by atoms with van der Waals surface area (Å²) in [5, 5.41) is 7.21. The highest BCUT2D eigenvalue weighted by atomic mass is 35.5. The van der Waals surface area contributed by atoms with Crippen molar-refractivity contribution in [1.82, 2.24) is 14.8 Å². The maximum absolute atomic E-state index is 12.9. The standard InChI is InChI=1S/C17H14ClFN4O/c1-10-9-11(2)23(22-10)15-8-7-14(18)16(21-15)17(24)20-13-5-3-12(19)4-6-13/h3-9H,1-2H3,(H,20,24). The van der Waals surface area contributed by atoms with Crippen LogP contribution in [0.1, 0.15) is 21.9 Å². The number of anilines is 1. The first-order chi connectivity index (χ1) is 11.4. The van der Waals surface area contributed by atoms with Gasteiger partial charge in [-0.2, -0.15) is 5.10 Å². The van der Waals surface area contributed by atoms with Crippen LogP contribution in [0.5, 0.6) is 0 Å². The normalized spacial score (nSPS) is 10.7. The molecule has 0 bridgehead atoms. The molecule has 0 spiro atoms. The van der Waals surface area contributed by atoms with Gasteiger partial charge in [-0.3, -0.25) is 4.79 Å². The highest BCUT2D eigenvalue weighted by Gasteiger charge is 2.15. The quantitative estimate of drug-likeness (QED) is 0.783. The zero-order chi connectivity index (χ0) is 17.3. The second-order valence-corrected chi connectivity index (χ2v) is 5.71. The largest absolute Gasteiger partial charge is 0.321 e. The van der Waals surface area contributed by atoms with Crippen LogP contribution >= 0.6 is 11.6 Å². The van der Waals surface area contributed by atoms with Crippen LogP contribution in [0.2, 0.25) is 5.02 Å². The van der Waals surface area contributed by atoms with Crippen molar-refractivity contribution in [2.24, 2.45) is 0 Å². The van der Waals surface area contributed by atoms with E-state index in [0.717, 1.165) is 11.4 Å². The van der Waals surface area contributed by atoms with Crippen LogP contribution in [-0.2, 0) is 0 Å². The summed E-state index contributed by atoms with van der Waals surface area (Å²) in [5.74, 6) is -0.361. The molecule has 0 atom stereocenters. The molecule has 1 aromatic carbocycles. The van der Waals surface area contributed by atoms with Gasteiger partial charge in [0.2, 0.25) is 0 Å². The van der Waals surface area contributed by atoms with E-state index in [1.54, 1.807) is 16.8 Å². The molecule has 3 aromatic rings. The van der Waals surface area contributed by atoms with E-state index in [4.69, 9.17) is 11.6 Å². The molecule has 0 saturated carbocycles. The molecule has 3 rings (SSSR count). The maximum Gasteiger partial charge on any atom is 0.275 e. The molecule has 0 saturated heterocycles. The zero-order valence-electron chi connectivity index (χ0n) is 13.0. The van der Waals surface area contributed by atoms with Gasteiger partial charge in [-0.05, 0) is 56.3 Å². The lowest BCUT2D eigenvalue weighted by atomic mass is 10.2. The Bertz CT molecular complexity index is 905. The monoisotopic (exact) mass is 344 g/mol. The predicted octanol–water partition coefficient (Wildman–Crippen LogP) is 3.93. The minimum Gasteiger partial charge on any atom is -0.321 e. The molecule has 0 aliphatic rings. The second kappa shape index (κ2) is 6.41. The van der Waals surface area contributed by atoms with E-state index in [-0.39, 0.29) is 16.5 Å². The Morgan fingerprint density at radius 2 is 1.88 bits per heavy atom. The summed E-state index contributed by atoms with van der Waals surface area (Å²) in [6.07, 6.45) is 0. The van der Waals surface area contributed by atoms with Crippen LogP contribution in [0.3, 0.4) is 0 Å². The van der Waals surface area contributed by atoms with Gasteiger partial charge < -0.3 is 5.32 Å². The zero-order valence-corrected chi connectivity index (χ0v) is 13.8. The summed E-state index contributed by atoms with van der Waals surface area (Å²) < 4.78 is 14.6. The minimum absolute atomic E-state index is 0.0750. The fourth-order valence-electron chi connectivity index (χ4n) is 2.29. The minimum atomic E-state index is -0.477. The van der Waals surface area contributed by atoms with Gasteiger partial charge in [0, 0.05) is 11.4 Å². The van der Waals surface area contributed by atoms with Gasteiger partial charge in [-0.15, -0.1) is 0 Å². The van der Waals surface area contributed by atoms with Crippen molar-refractivity contribution in [1.29, 1.82) is 0 Å². The van der Waals surface area contributed by atoms with Crippen LogP contribution in [0.4, 0.5) is 10.1 Å². The topological polar surface area (TPSA) is 59.8 Å². The number of pyridine rings is 1. The Kier molecular flexibility index (Phi) is 4.31. The molecular formula is C17H14ClFN4O. The number of aryl methyl sites for hydroxylation is 2. The summed E-state index contributed by atoms with van der Waals surface area (Å²) in [6, 6.07) is 10.6. The Balaban J connectivity index is 1.92. The number of amides is 1. The summed E-state index contributed by atoms with van der Waals surface area (Å²) in [6.45, 7) is 3.77. The molecule has 24 heavy (non-hydrogen) atoms. The van der Waals surface area contributed by atoms with E-state index < -0.39 is 5.91 Å². The first-order valence-corrected chi connectivity index (χ1v) is 7.59. The van der Waals surface area contributed by atoms with Crippen molar-refractivity contribution in [3.63, 3.8) is 0 Å². The third kappa shape index (κ3) is 3.28. The van der Waals surface area contributed by atoms with E-state index in [2.05, 4.69) is 15.4 Å². The molecule has 0 aliphatic heterocycles. The highest BCUT2D eigenvalue weighted by Crippen LogP contribution is 2.19. The Hall–Kier alpha value is -2.73. The Morgan fingerprint density at radius 1 is 1.17 bits per heavy atom. The van der Waals surface area contributed by atoms with Crippen LogP contribution in [0, 0.1) is 19.7 Å². The molecular weight excluding hydrogens is 331 g/mol. The lowest BCUT2D eigenvalue weighted by molar-refractivity contribution is 0.102. The van der Waals surface area contributed by atoms with Crippen LogP contribution < -0.4 is 5.32 Å². The third-order valence-electron chi connectivity index (χ3n) is 3.38. The smallest absolute Gasteiger partial charge is 0.275 e. The van der Waals surface area contributed by atoms with Crippen LogP contribution in [0.15, 0.2) is 42.5 Å². The number of halogens is 2. The molecule has 2 heterocycles. The van der Waals surface area contributed by atoms with Gasteiger partial charge in [0.25, 0.3) is 5.91 Å². The van der Waals surface area contributed by atoms with Crippen LogP contribution in [0.25, 0.3) is 5.82 Å². The lowest BCUT2D eigenvalue weighted by Crippen LogP contribution is -2.16. The lowest BCUT2D eigenvalue weighted by Gasteiger charge is -2.09. The van der Waals surface area contributed by atoms with Crippen molar-refractivity contribution >= 4 is 23.2 Å². The van der Waals surface area contributed by atoms with Crippen LogP contribution in [-0.4, -0.2) is 20.7 Å². The second-order valence-electron chi connectivity index (χ2n) is 5.30. The molecule has 0 radical (unpaired) electrons. The molecule has 0 fully saturated rings. The molecule has 0 aliphatic carbocycles. The molecule has 2 aromatic heterocycles. The predicted molar refractivity (Wildman–Crippen MR) is 90.2 cm³/mol. The fourth-order valence-corrected chi connectivity index (χ4v) is 2.48. The average molecular weight is 345 g/mol. The SMILES string of the molecule is Cc1cc(C)n(-c2ccc(Cl)c(C(=O)Nc3ccc(F)cc3)n2)n1. The number of nitrogens with zero attached hydrogens (tertiary/aromatic N) is 3. The van der Waals surface area contributed by atoms with Gasteiger partial charge in [-0.1, -0.05) is 11.6 Å². The van der Waals surface area contributed by atoms with Gasteiger partial charge in [0.05, 0.1) is 10.7 Å². The van der Waals surface area contributed by atoms with E-state index in [9.17, 15) is 9.18 Å². The van der Waals surface area contributed by atoms with E-state index in [0.29, 0.717) is 11.5 Å². The third-order valence-corrected chi connectivity index (χ3v) is 3.68. The number of hydrogen-bond donors (Lipinski definition) is 1. The number of hydrogen-bond acceptors (Lipinski definition) is 3. The van der Waals surface area contributed by atoms with Gasteiger partial charge in [0.15, 0.2) is 5.82 Å². The molecule has 5 nitrogen and oxygen atoms in total. The summed E-state index contributed by atoms with van der Waals surface area (Å²) in [4.78, 5) is 16.7. The number of carbonyl (C=O) groups excluding carboxylic acids is 1. The molecule has 1 N–H and O–H groups in total. The van der Waals surface area contributed by atoms with Crippen molar-refractivity contribution < 1.29 is 9.18 Å². The van der Waals surface area contributed by atoms with E-state index in [1.165, 1.54) is 24.3 Å². The van der Waals surface area contributed by atoms with Crippen molar-refractivity contribution in [3.05, 3.63) is 70.4 Å². The van der Waals surface area contributed by atoms with E-state index in [1.807, 2.05) is 19.9 Å². The number of rotatable bonds is 3. The first-order valence-electron chi connectivity index (χ1n) is 7.21.